The molecule has 0 radical (unpaired) electrons. The Kier molecular flexibility index (Phi) is 13.0. The Morgan fingerprint density at radius 3 is 1.92 bits per heavy atom. The van der Waals surface area contributed by atoms with Crippen molar-refractivity contribution >= 4 is 24.2 Å². The molecule has 19 N–H and O–H groups in total. The lowest BCUT2D eigenvalue weighted by atomic mass is 9.81. The largest absolute Gasteiger partial charge is 0.479 e. The summed E-state index contributed by atoms with van der Waals surface area (Å²) in [5.41, 5.74) is 16.2. The molecule has 0 amide bonds. The maximum Gasteiger partial charge on any atom is 0.344 e. The van der Waals surface area contributed by atoms with Crippen LogP contribution in [0, 0.1) is 0 Å². The van der Waals surface area contributed by atoms with E-state index >= 15 is 0 Å². The minimum atomic E-state index is -3.14. The molecule has 4 aliphatic rings. The van der Waals surface area contributed by atoms with Crippen LogP contribution in [0.5, 0.6) is 0 Å². The summed E-state index contributed by atoms with van der Waals surface area (Å²) in [7, 11) is 1.30. The molecule has 3 heterocycles. The molecule has 3 saturated heterocycles. The molecule has 0 unspecified atom stereocenters. The van der Waals surface area contributed by atoms with Gasteiger partial charge in [0.25, 0.3) is 0 Å². The van der Waals surface area contributed by atoms with E-state index in [9.17, 15) is 60.7 Å². The molecule has 4 fully saturated rings. The highest BCUT2D eigenvalue weighted by Gasteiger charge is 2.64. The number of aliphatic hydroxyl groups excluding tert-OH is 7. The van der Waals surface area contributed by atoms with Gasteiger partial charge in [-0.2, -0.15) is 0 Å². The third-order valence-electron chi connectivity index (χ3n) is 9.57. The highest BCUT2D eigenvalue weighted by atomic mass is 16.8. The van der Waals surface area contributed by atoms with Gasteiger partial charge in [0.15, 0.2) is 36.4 Å². The zero-order chi connectivity index (χ0) is 39.0. The number of likely N-dealkylation sites (N-methyl/N-ethyl adjacent to an activating group) is 1. The molecule has 3 aliphatic heterocycles. The normalized spacial score (nSPS) is 47.9. The summed E-state index contributed by atoms with van der Waals surface area (Å²) in [6.45, 7) is -0.634. The molecule has 25 nitrogen and oxygen atoms in total. The number of carboxylic acid groups (broad SMARTS) is 1. The predicted octanol–water partition coefficient (Wildman–Crippen LogP) is -10.2. The van der Waals surface area contributed by atoms with E-state index in [4.69, 9.17) is 51.4 Å². The molecule has 4 rings (SSSR count). The van der Waals surface area contributed by atoms with Gasteiger partial charge < -0.3 is 108 Å². The predicted molar refractivity (Wildman–Crippen MR) is 166 cm³/mol. The Hall–Kier alpha value is -2.96. The average molecular weight is 758 g/mol. The smallest absolute Gasteiger partial charge is 0.344 e. The summed E-state index contributed by atoms with van der Waals surface area (Å²) in [4.78, 5) is 31.9. The van der Waals surface area contributed by atoms with Gasteiger partial charge in [0.2, 0.25) is 11.9 Å². The summed E-state index contributed by atoms with van der Waals surface area (Å²) < 4.78 is 34.2. The summed E-state index contributed by atoms with van der Waals surface area (Å²) in [5, 5.41) is 109. The number of rotatable bonds is 13. The van der Waals surface area contributed by atoms with Crippen LogP contribution in [0.15, 0.2) is 9.98 Å². The Labute approximate surface area is 294 Å². The van der Waals surface area contributed by atoms with E-state index in [1.165, 1.54) is 14.0 Å². The number of aliphatic imine (C=N–C) groups is 2. The SMILES string of the molecule is CN[C@@H]1[C@@H](O[C@@H]2[C@@H](O[C@@H]3[C@H](O)[C@H](O)[C@H](N=C(N)N)[C@@H](O)[C@@H]3N=C(N)N)O[C@@H](C)[C@]2(O)C=O)O[C@@H](CO)[C@H](O[C@H]2O[C@H](CO)[C@@H](O)[C@@]2(O)C(=O)O)[C@H]1O. The number of nitrogens with one attached hydrogen (secondary N) is 1. The first-order valence-corrected chi connectivity index (χ1v) is 15.9. The fourth-order valence-electron chi connectivity index (χ4n) is 6.64. The number of carbonyl (C=O) groups is 2. The third-order valence-corrected chi connectivity index (χ3v) is 9.57. The number of carboxylic acids is 1. The topological polar surface area (TPSA) is 433 Å². The van der Waals surface area contributed by atoms with Crippen LogP contribution in [0.3, 0.4) is 0 Å². The summed E-state index contributed by atoms with van der Waals surface area (Å²) in [6.07, 6.45) is -25.4. The van der Waals surface area contributed by atoms with Crippen LogP contribution >= 0.6 is 0 Å². The lowest BCUT2D eigenvalue weighted by molar-refractivity contribution is -0.336. The fraction of sp³-hybridized carbons (Fsp3) is 0.852. The molecule has 1 aliphatic carbocycles. The quantitative estimate of drug-likeness (QED) is 0.0471. The fourth-order valence-corrected chi connectivity index (χ4v) is 6.64. The zero-order valence-corrected chi connectivity index (χ0v) is 27.7. The van der Waals surface area contributed by atoms with Gasteiger partial charge in [0, 0.05) is 0 Å². The van der Waals surface area contributed by atoms with E-state index < -0.39 is 146 Å². The van der Waals surface area contributed by atoms with E-state index in [0.717, 1.165) is 0 Å². The Morgan fingerprint density at radius 2 is 1.40 bits per heavy atom. The van der Waals surface area contributed by atoms with E-state index in [0.29, 0.717) is 0 Å². The molecule has 0 aromatic rings. The first kappa shape index (κ1) is 41.8. The molecule has 0 spiro atoms. The lowest BCUT2D eigenvalue weighted by Crippen LogP contribution is -2.68. The number of aliphatic carboxylic acids is 1. The van der Waals surface area contributed by atoms with Crippen molar-refractivity contribution in [2.75, 3.05) is 20.3 Å². The molecular formula is C27H47N7O18. The van der Waals surface area contributed by atoms with Crippen molar-refractivity contribution in [3.8, 4) is 0 Å². The van der Waals surface area contributed by atoms with Crippen LogP contribution in [-0.2, 0) is 38.0 Å². The summed E-state index contributed by atoms with van der Waals surface area (Å²) in [6, 6.07) is -4.56. The number of hydrogen-bond acceptors (Lipinski definition) is 20. The Balaban J connectivity index is 1.63. The van der Waals surface area contributed by atoms with Gasteiger partial charge in [0.1, 0.15) is 73.1 Å². The third kappa shape index (κ3) is 7.40. The van der Waals surface area contributed by atoms with E-state index in [1.807, 2.05) is 0 Å². The standard InChI is InChI=1S/C27H47N7O18/c1-6-26(45,5-37)19(21(47-6)50-17-10(34-25(30)31)12(38)9(33-24(28)29)13(39)15(17)41)52-20-11(32-2)14(40)16(7(3-35)48-20)51-23-27(46,22(43)44)18(42)8(4-36)49-23/h5-21,23,32,35-36,38-42,45-46H,3-4H2,1-2H3,(H,43,44)(H4,28,29,33)(H4,30,31,34)/t6-,7-,8+,9+,10-,11-,12+,13+,14-,15+,16-,17-,18+,19+,20+,21+,23+,26+,27+/m0/s1. The molecule has 298 valence electrons. The molecule has 0 aromatic carbocycles. The Bertz CT molecular complexity index is 1330. The number of nitrogens with two attached hydrogens (primary N) is 4. The van der Waals surface area contributed by atoms with Crippen molar-refractivity contribution in [1.82, 2.24) is 5.32 Å². The van der Waals surface area contributed by atoms with Crippen LogP contribution in [0.25, 0.3) is 0 Å². The molecule has 0 aromatic heterocycles. The monoisotopic (exact) mass is 757 g/mol. The maximum absolute atomic E-state index is 12.4. The van der Waals surface area contributed by atoms with Gasteiger partial charge in [-0.1, -0.05) is 0 Å². The van der Waals surface area contributed by atoms with Crippen LogP contribution in [0.4, 0.5) is 0 Å². The Morgan fingerprint density at radius 1 is 0.808 bits per heavy atom. The van der Waals surface area contributed by atoms with Gasteiger partial charge in [-0.25, -0.2) is 14.8 Å². The highest BCUT2D eigenvalue weighted by Crippen LogP contribution is 2.40. The van der Waals surface area contributed by atoms with Gasteiger partial charge in [-0.15, -0.1) is 0 Å². The second-order valence-corrected chi connectivity index (χ2v) is 12.8. The van der Waals surface area contributed by atoms with E-state index in [-0.39, 0.29) is 6.29 Å². The number of ether oxygens (including phenoxy) is 6. The first-order valence-electron chi connectivity index (χ1n) is 15.9. The highest BCUT2D eigenvalue weighted by molar-refractivity contribution is 5.79. The first-order chi connectivity index (χ1) is 24.3. The number of guanidine groups is 2. The van der Waals surface area contributed by atoms with Gasteiger partial charge in [-0.3, -0.25) is 4.79 Å². The molecule has 52 heavy (non-hydrogen) atoms. The van der Waals surface area contributed by atoms with Crippen molar-refractivity contribution in [1.29, 1.82) is 0 Å². The zero-order valence-electron chi connectivity index (χ0n) is 27.7. The number of aliphatic hydroxyl groups is 9. The minimum Gasteiger partial charge on any atom is -0.479 e. The second kappa shape index (κ2) is 16.2. The summed E-state index contributed by atoms with van der Waals surface area (Å²) in [5.74, 6) is -3.15. The van der Waals surface area contributed by atoms with Crippen molar-refractivity contribution in [2.45, 2.75) is 122 Å². The molecular weight excluding hydrogens is 710 g/mol. The van der Waals surface area contributed by atoms with Crippen LogP contribution in [0.1, 0.15) is 6.92 Å². The second-order valence-electron chi connectivity index (χ2n) is 12.8. The minimum absolute atomic E-state index is 0.0606. The van der Waals surface area contributed by atoms with E-state index in [2.05, 4.69) is 15.3 Å². The van der Waals surface area contributed by atoms with Crippen molar-refractivity contribution in [3.63, 3.8) is 0 Å². The van der Waals surface area contributed by atoms with Crippen LogP contribution < -0.4 is 28.3 Å². The molecule has 19 atom stereocenters. The van der Waals surface area contributed by atoms with Crippen LogP contribution in [0.2, 0.25) is 0 Å². The van der Waals surface area contributed by atoms with E-state index in [1.54, 1.807) is 0 Å². The van der Waals surface area contributed by atoms with Crippen LogP contribution in [-0.4, -0.2) is 211 Å². The summed E-state index contributed by atoms with van der Waals surface area (Å²) >= 11 is 0. The molecule has 25 heteroatoms. The van der Waals surface area contributed by atoms with Gasteiger partial charge >= 0.3 is 5.97 Å². The number of nitrogens with zero attached hydrogens (tertiary/aromatic N) is 2. The van der Waals surface area contributed by atoms with Crippen molar-refractivity contribution in [2.24, 2.45) is 32.9 Å². The number of carbonyl (C=O) groups excluding carboxylic acids is 1. The van der Waals surface area contributed by atoms with Crippen molar-refractivity contribution < 1.29 is 89.1 Å². The lowest BCUT2D eigenvalue weighted by Gasteiger charge is -2.47. The van der Waals surface area contributed by atoms with Crippen molar-refractivity contribution in [3.05, 3.63) is 0 Å². The number of hydrogen-bond donors (Lipinski definition) is 15. The van der Waals surface area contributed by atoms with Gasteiger partial charge in [-0.05, 0) is 14.0 Å². The average Bonchev–Trinajstić information content (AvgIpc) is 3.48. The van der Waals surface area contributed by atoms with Gasteiger partial charge in [0.05, 0.1) is 25.4 Å². The number of aldehydes is 1. The maximum atomic E-state index is 12.4. The molecule has 0 bridgehead atoms. The molecule has 1 saturated carbocycles.